The number of benzene rings is 2. The Kier molecular flexibility index (Phi) is 28.0. The molecule has 4 aromatic rings. The van der Waals surface area contributed by atoms with E-state index in [0.717, 1.165) is 26.7 Å². The Morgan fingerprint density at radius 2 is 0.985 bits per heavy atom. The Labute approximate surface area is 426 Å². The second-order valence-corrected chi connectivity index (χ2v) is 16.6. The van der Waals surface area contributed by atoms with Gasteiger partial charge in [0.15, 0.2) is 0 Å². The molecule has 67 heavy (non-hydrogen) atoms. The SMILES string of the molecule is CCCC[N+](CCCC)(CCCC)CCCC.O=C([O-])CN(CCN(CC(=O)[O-])CC(=O)[O-])CCN(CC(=O)[O-])CC(=O)Nc1ccc(C#Cc2ccc3ccc4cccnc4c3n2)cc1.[Tb+3]. The summed E-state index contributed by atoms with van der Waals surface area (Å²) in [5.74, 6) is -0.486. The Balaban J connectivity index is 0.000000727. The fourth-order valence-electron chi connectivity index (χ4n) is 7.61. The molecule has 364 valence electrons. The van der Waals surface area contributed by atoms with Crippen LogP contribution in [0.3, 0.4) is 0 Å². The molecule has 0 radical (unpaired) electrons. The van der Waals surface area contributed by atoms with Crippen molar-refractivity contribution in [1.82, 2.24) is 24.7 Å². The number of aliphatic carboxylic acids is 4. The molecule has 2 aromatic carbocycles. The third-order valence-electron chi connectivity index (χ3n) is 11.1. The van der Waals surface area contributed by atoms with E-state index in [9.17, 15) is 44.4 Å². The fourth-order valence-corrected chi connectivity index (χ4v) is 7.61. The van der Waals surface area contributed by atoms with Crippen molar-refractivity contribution >= 4 is 57.3 Å². The standard InChI is InChI=1S/C34H34N6O9.C16H36N.Tb/c41-28(18-39(20-30(44)45)16-14-38(19-29(42)43)15-17-40(21-31(46)47)22-32(48)49)36-26-9-3-23(4-10-26)5-11-27-12-8-25-7-6-24-2-1-13-35-33(24)34(25)37-27;1-5-9-13-17(14-10-6-2,15-11-7-3)16-12-8-4;/h1-4,6-10,12-13H,14-22H2,(H,36,41)(H,42,43)(H,44,45)(H,46,47)(H,48,49);5-16H2,1-4H3;/q;+1;+3/p-4. The van der Waals surface area contributed by atoms with Gasteiger partial charge in [-0.25, -0.2) is 4.98 Å². The predicted octanol–water partition coefficient (Wildman–Crippen LogP) is 1.03. The van der Waals surface area contributed by atoms with Gasteiger partial charge in [-0.2, -0.15) is 0 Å². The van der Waals surface area contributed by atoms with Crippen LogP contribution in [-0.4, -0.2) is 144 Å². The van der Waals surface area contributed by atoms with Crippen LogP contribution in [0.2, 0.25) is 0 Å². The average Bonchev–Trinajstić information content (AvgIpc) is 3.28. The number of hydrogen-bond donors (Lipinski definition) is 1. The number of carbonyl (C=O) groups excluding carboxylic acids is 5. The van der Waals surface area contributed by atoms with Crippen LogP contribution in [-0.2, 0) is 24.0 Å². The van der Waals surface area contributed by atoms with E-state index in [1.165, 1.54) is 91.8 Å². The van der Waals surface area contributed by atoms with Gasteiger partial charge in [-0.05, 0) is 74.1 Å². The number of aromatic nitrogens is 2. The largest absolute Gasteiger partial charge is 3.00 e. The Bertz CT molecular complexity index is 2180. The molecule has 2 heterocycles. The number of carboxylic acid groups (broad SMARTS) is 4. The number of rotatable bonds is 29. The van der Waals surface area contributed by atoms with Crippen LogP contribution in [0.1, 0.15) is 90.3 Å². The van der Waals surface area contributed by atoms with Crippen LogP contribution >= 0.6 is 0 Å². The summed E-state index contributed by atoms with van der Waals surface area (Å²) in [6, 6.07) is 18.2. The first-order chi connectivity index (χ1) is 31.7. The zero-order valence-corrected chi connectivity index (χ0v) is 41.5. The topological polar surface area (TPSA) is 225 Å². The van der Waals surface area contributed by atoms with Crippen molar-refractivity contribution in [3.05, 3.63) is 78.1 Å². The van der Waals surface area contributed by atoms with Gasteiger partial charge in [0, 0.05) is 80.6 Å². The van der Waals surface area contributed by atoms with Gasteiger partial charge < -0.3 is 49.4 Å². The van der Waals surface area contributed by atoms with E-state index in [1.54, 1.807) is 30.5 Å². The van der Waals surface area contributed by atoms with Crippen LogP contribution in [0.4, 0.5) is 5.69 Å². The molecule has 0 aliphatic rings. The van der Waals surface area contributed by atoms with E-state index in [-0.39, 0.29) is 71.3 Å². The van der Waals surface area contributed by atoms with Crippen molar-refractivity contribution < 1.29 is 87.5 Å². The number of nitrogens with one attached hydrogen (secondary N) is 1. The minimum Gasteiger partial charge on any atom is -0.549 e. The number of amides is 1. The van der Waals surface area contributed by atoms with Crippen molar-refractivity contribution in [3.8, 4) is 11.8 Å². The molecule has 0 spiro atoms. The molecule has 17 heteroatoms. The maximum absolute atomic E-state index is 12.8. The minimum absolute atomic E-state index is 0. The molecule has 0 saturated carbocycles. The van der Waals surface area contributed by atoms with Crippen molar-refractivity contribution in [2.45, 2.75) is 79.1 Å². The van der Waals surface area contributed by atoms with Crippen molar-refractivity contribution in [2.75, 3.05) is 90.4 Å². The van der Waals surface area contributed by atoms with E-state index in [2.05, 4.69) is 54.8 Å². The number of carboxylic acids is 4. The summed E-state index contributed by atoms with van der Waals surface area (Å²) in [5, 5.41) is 49.1. The summed E-state index contributed by atoms with van der Waals surface area (Å²) >= 11 is 0. The zero-order valence-electron chi connectivity index (χ0n) is 39.4. The monoisotopic (exact) mass is 1070 g/mol. The van der Waals surface area contributed by atoms with E-state index >= 15 is 0 Å². The van der Waals surface area contributed by atoms with Gasteiger partial charge in [-0.3, -0.25) is 24.5 Å². The van der Waals surface area contributed by atoms with Crippen molar-refractivity contribution in [2.24, 2.45) is 0 Å². The van der Waals surface area contributed by atoms with Crippen LogP contribution < -0.4 is 25.7 Å². The van der Waals surface area contributed by atoms with Gasteiger partial charge in [0.2, 0.25) is 5.91 Å². The third-order valence-corrected chi connectivity index (χ3v) is 11.1. The van der Waals surface area contributed by atoms with Crippen LogP contribution in [0.15, 0.2) is 66.9 Å². The van der Waals surface area contributed by atoms with Crippen LogP contribution in [0, 0.1) is 50.5 Å². The molecular weight excluding hydrogens is 1000 g/mol. The number of hydrogen-bond acceptors (Lipinski definition) is 14. The van der Waals surface area contributed by atoms with Crippen LogP contribution in [0.25, 0.3) is 21.8 Å². The van der Waals surface area contributed by atoms with Gasteiger partial charge in [0.05, 0.1) is 67.6 Å². The summed E-state index contributed by atoms with van der Waals surface area (Å²) < 4.78 is 1.42. The Hall–Kier alpha value is -4.70. The Morgan fingerprint density at radius 3 is 1.46 bits per heavy atom. The molecule has 0 fully saturated rings. The second-order valence-electron chi connectivity index (χ2n) is 16.6. The van der Waals surface area contributed by atoms with Gasteiger partial charge in [0.1, 0.15) is 5.69 Å². The third kappa shape index (κ3) is 22.8. The first-order valence-electron chi connectivity index (χ1n) is 23.1. The minimum atomic E-state index is -1.54. The Morgan fingerprint density at radius 1 is 0.552 bits per heavy atom. The first kappa shape index (κ1) is 58.4. The number of pyridine rings is 2. The maximum Gasteiger partial charge on any atom is 3.00 e. The molecule has 1 N–H and O–H groups in total. The molecule has 0 aliphatic carbocycles. The fraction of sp³-hybridized carbons (Fsp3) is 0.500. The number of fused-ring (bicyclic) bond motifs is 3. The number of carbonyl (C=O) groups is 5. The summed E-state index contributed by atoms with van der Waals surface area (Å²) in [7, 11) is 0. The molecule has 4 rings (SSSR count). The molecule has 0 unspecified atom stereocenters. The number of nitrogens with zero attached hydrogens (tertiary/aromatic N) is 6. The molecular formula is C50H66N7O9Tb. The summed E-state index contributed by atoms with van der Waals surface area (Å²) in [6.45, 7) is 11.5. The molecule has 2 aromatic heterocycles. The average molecular weight is 1070 g/mol. The number of unbranched alkanes of at least 4 members (excludes halogenated alkanes) is 4. The molecule has 0 aliphatic heterocycles. The van der Waals surface area contributed by atoms with Crippen molar-refractivity contribution in [3.63, 3.8) is 0 Å². The predicted molar refractivity (Wildman–Crippen MR) is 247 cm³/mol. The molecule has 0 saturated heterocycles. The molecule has 0 atom stereocenters. The second kappa shape index (κ2) is 32.1. The smallest absolute Gasteiger partial charge is 0.549 e. The molecule has 16 nitrogen and oxygen atoms in total. The van der Waals surface area contributed by atoms with E-state index in [0.29, 0.717) is 16.9 Å². The number of anilines is 1. The van der Waals surface area contributed by atoms with Gasteiger partial charge in [-0.15, -0.1) is 0 Å². The maximum atomic E-state index is 12.8. The normalized spacial score (nSPS) is 11.1. The van der Waals surface area contributed by atoms with Gasteiger partial charge in [-0.1, -0.05) is 77.5 Å². The van der Waals surface area contributed by atoms with Gasteiger partial charge in [0.25, 0.3) is 0 Å². The quantitative estimate of drug-likeness (QED) is 0.0456. The van der Waals surface area contributed by atoms with Gasteiger partial charge >= 0.3 is 38.6 Å². The first-order valence-corrected chi connectivity index (χ1v) is 23.1. The van der Waals surface area contributed by atoms with E-state index in [1.807, 2.05) is 36.4 Å². The summed E-state index contributed by atoms with van der Waals surface area (Å²) in [6.07, 6.45) is 12.8. The summed E-state index contributed by atoms with van der Waals surface area (Å²) in [4.78, 5) is 69.9. The molecule has 0 bridgehead atoms. The van der Waals surface area contributed by atoms with E-state index < -0.39 is 56.0 Å². The molecule has 1 amide bonds. The van der Waals surface area contributed by atoms with Crippen molar-refractivity contribution in [1.29, 1.82) is 0 Å². The van der Waals surface area contributed by atoms with E-state index in [4.69, 9.17) is 0 Å². The summed E-state index contributed by atoms with van der Waals surface area (Å²) in [5.41, 5.74) is 3.16. The number of quaternary nitrogens is 1. The zero-order chi connectivity index (χ0) is 48.3. The van der Waals surface area contributed by atoms with Crippen LogP contribution in [0.5, 0.6) is 0 Å².